The van der Waals surface area contributed by atoms with Crippen molar-refractivity contribution in [3.63, 3.8) is 0 Å². The zero-order valence-electron chi connectivity index (χ0n) is 9.02. The normalized spacial score (nSPS) is 18.9. The van der Waals surface area contributed by atoms with Crippen LogP contribution < -0.4 is 5.32 Å². The molecule has 1 saturated heterocycles. The van der Waals surface area contributed by atoms with Gasteiger partial charge in [-0.2, -0.15) is 17.0 Å². The van der Waals surface area contributed by atoms with Crippen LogP contribution in [0.3, 0.4) is 0 Å². The Morgan fingerprint density at radius 1 is 1.29 bits per heavy atom. The first kappa shape index (κ1) is 11.9. The van der Waals surface area contributed by atoms with Crippen molar-refractivity contribution in [2.45, 2.75) is 19.9 Å². The summed E-state index contributed by atoms with van der Waals surface area (Å²) in [4.78, 5) is 0. The van der Waals surface area contributed by atoms with Crippen molar-refractivity contribution in [1.82, 2.24) is 13.9 Å². The van der Waals surface area contributed by atoms with E-state index in [1.807, 2.05) is 13.8 Å². The minimum atomic E-state index is -3.23. The molecule has 1 heterocycles. The number of hydrogen-bond donors (Lipinski definition) is 1. The van der Waals surface area contributed by atoms with Gasteiger partial charge in [-0.3, -0.25) is 0 Å². The minimum absolute atomic E-state index is 0.126. The van der Waals surface area contributed by atoms with Crippen LogP contribution in [0.15, 0.2) is 0 Å². The highest BCUT2D eigenvalue weighted by Gasteiger charge is 2.33. The SMILES string of the molecule is CCN(CC)S(=O)(=O)N(C)C1CNC1. The quantitative estimate of drug-likeness (QED) is 0.679. The van der Waals surface area contributed by atoms with Gasteiger partial charge in [0, 0.05) is 33.2 Å². The van der Waals surface area contributed by atoms with E-state index in [2.05, 4.69) is 5.32 Å². The Balaban J connectivity index is 2.71. The van der Waals surface area contributed by atoms with Crippen LogP contribution in [0.4, 0.5) is 0 Å². The molecule has 0 amide bonds. The van der Waals surface area contributed by atoms with E-state index in [0.717, 1.165) is 13.1 Å². The summed E-state index contributed by atoms with van der Waals surface area (Å²) in [6, 6.07) is 0.126. The third-order valence-electron chi connectivity index (χ3n) is 2.67. The molecule has 1 aliphatic heterocycles. The van der Waals surface area contributed by atoms with Gasteiger partial charge in [-0.15, -0.1) is 0 Å². The smallest absolute Gasteiger partial charge is 0.282 e. The van der Waals surface area contributed by atoms with E-state index in [1.165, 1.54) is 8.61 Å². The highest BCUT2D eigenvalue weighted by atomic mass is 32.2. The van der Waals surface area contributed by atoms with Crippen LogP contribution in [0.25, 0.3) is 0 Å². The monoisotopic (exact) mass is 221 g/mol. The molecule has 1 N–H and O–H groups in total. The fourth-order valence-electron chi connectivity index (χ4n) is 1.45. The summed E-state index contributed by atoms with van der Waals surface area (Å²) in [5, 5.41) is 3.06. The highest BCUT2D eigenvalue weighted by molar-refractivity contribution is 7.86. The molecule has 1 aliphatic rings. The molecule has 0 aliphatic carbocycles. The summed E-state index contributed by atoms with van der Waals surface area (Å²) in [6.07, 6.45) is 0. The summed E-state index contributed by atoms with van der Waals surface area (Å²) in [5.41, 5.74) is 0. The number of nitrogens with one attached hydrogen (secondary N) is 1. The van der Waals surface area contributed by atoms with Crippen LogP contribution in [0, 0.1) is 0 Å². The second-order valence-electron chi connectivity index (χ2n) is 3.42. The van der Waals surface area contributed by atoms with Crippen LogP contribution in [-0.4, -0.2) is 56.3 Å². The van der Waals surface area contributed by atoms with Crippen molar-refractivity contribution < 1.29 is 8.42 Å². The van der Waals surface area contributed by atoms with Gasteiger partial charge in [-0.1, -0.05) is 13.8 Å². The zero-order chi connectivity index (χ0) is 10.8. The lowest BCUT2D eigenvalue weighted by Crippen LogP contribution is -2.59. The largest absolute Gasteiger partial charge is 0.313 e. The number of likely N-dealkylation sites (N-methyl/N-ethyl adjacent to an activating group) is 1. The van der Waals surface area contributed by atoms with E-state index in [1.54, 1.807) is 7.05 Å². The van der Waals surface area contributed by atoms with Crippen molar-refractivity contribution in [2.75, 3.05) is 33.2 Å². The van der Waals surface area contributed by atoms with Gasteiger partial charge in [0.15, 0.2) is 0 Å². The predicted octanol–water partition coefficient (Wildman–Crippen LogP) is -0.523. The van der Waals surface area contributed by atoms with Gasteiger partial charge in [0.05, 0.1) is 6.04 Å². The molecule has 0 aromatic carbocycles. The van der Waals surface area contributed by atoms with Gasteiger partial charge in [0.25, 0.3) is 10.2 Å². The molecule has 0 aromatic rings. The van der Waals surface area contributed by atoms with Gasteiger partial charge in [0.1, 0.15) is 0 Å². The molecule has 5 nitrogen and oxygen atoms in total. The summed E-state index contributed by atoms with van der Waals surface area (Å²) in [5.74, 6) is 0. The Morgan fingerprint density at radius 2 is 1.79 bits per heavy atom. The molecule has 6 heteroatoms. The molecule has 1 rings (SSSR count). The molecule has 0 atom stereocenters. The van der Waals surface area contributed by atoms with E-state index in [0.29, 0.717) is 13.1 Å². The van der Waals surface area contributed by atoms with E-state index < -0.39 is 10.2 Å². The second-order valence-corrected chi connectivity index (χ2v) is 5.41. The fourth-order valence-corrected chi connectivity index (χ4v) is 2.99. The van der Waals surface area contributed by atoms with Gasteiger partial charge >= 0.3 is 0 Å². The molecule has 0 radical (unpaired) electrons. The summed E-state index contributed by atoms with van der Waals surface area (Å²) in [7, 11) is -1.58. The summed E-state index contributed by atoms with van der Waals surface area (Å²) < 4.78 is 26.8. The van der Waals surface area contributed by atoms with Crippen molar-refractivity contribution >= 4 is 10.2 Å². The molecular weight excluding hydrogens is 202 g/mol. The molecule has 0 aromatic heterocycles. The third-order valence-corrected chi connectivity index (χ3v) is 4.86. The van der Waals surface area contributed by atoms with Crippen molar-refractivity contribution in [3.05, 3.63) is 0 Å². The Hall–Kier alpha value is -0.170. The maximum absolute atomic E-state index is 12.0. The second kappa shape index (κ2) is 4.57. The van der Waals surface area contributed by atoms with Crippen LogP contribution >= 0.6 is 0 Å². The lowest BCUT2D eigenvalue weighted by atomic mass is 10.2. The van der Waals surface area contributed by atoms with Crippen LogP contribution in [0.1, 0.15) is 13.8 Å². The van der Waals surface area contributed by atoms with E-state index in [9.17, 15) is 8.42 Å². The maximum Gasteiger partial charge on any atom is 0.282 e. The Kier molecular flexibility index (Phi) is 3.88. The first-order valence-corrected chi connectivity index (χ1v) is 6.37. The average molecular weight is 221 g/mol. The predicted molar refractivity (Wildman–Crippen MR) is 56.3 cm³/mol. The lowest BCUT2D eigenvalue weighted by molar-refractivity contribution is 0.255. The standard InChI is InChI=1S/C8H19N3O2S/c1-4-11(5-2)14(12,13)10(3)8-6-9-7-8/h8-9H,4-7H2,1-3H3. The summed E-state index contributed by atoms with van der Waals surface area (Å²) >= 11 is 0. The van der Waals surface area contributed by atoms with E-state index >= 15 is 0 Å². The molecular formula is C8H19N3O2S. The Morgan fingerprint density at radius 3 is 2.07 bits per heavy atom. The van der Waals surface area contributed by atoms with Crippen LogP contribution in [0.2, 0.25) is 0 Å². The fraction of sp³-hybridized carbons (Fsp3) is 1.00. The first-order chi connectivity index (χ1) is 6.54. The Labute approximate surface area is 86.3 Å². The topological polar surface area (TPSA) is 52.7 Å². The third kappa shape index (κ3) is 2.08. The van der Waals surface area contributed by atoms with Gasteiger partial charge in [-0.25, -0.2) is 0 Å². The van der Waals surface area contributed by atoms with E-state index in [4.69, 9.17) is 0 Å². The van der Waals surface area contributed by atoms with Crippen molar-refractivity contribution in [2.24, 2.45) is 0 Å². The maximum atomic E-state index is 12.0. The van der Waals surface area contributed by atoms with Crippen molar-refractivity contribution in [1.29, 1.82) is 0 Å². The van der Waals surface area contributed by atoms with Gasteiger partial charge in [0.2, 0.25) is 0 Å². The molecule has 0 bridgehead atoms. The lowest BCUT2D eigenvalue weighted by Gasteiger charge is -2.37. The van der Waals surface area contributed by atoms with Gasteiger partial charge < -0.3 is 5.32 Å². The molecule has 0 spiro atoms. The molecule has 14 heavy (non-hydrogen) atoms. The highest BCUT2D eigenvalue weighted by Crippen LogP contribution is 2.12. The Bertz CT molecular complexity index is 270. The molecule has 1 fully saturated rings. The van der Waals surface area contributed by atoms with Crippen LogP contribution in [-0.2, 0) is 10.2 Å². The minimum Gasteiger partial charge on any atom is -0.313 e. The molecule has 0 saturated carbocycles. The summed E-state index contributed by atoms with van der Waals surface area (Å²) in [6.45, 7) is 6.29. The number of hydrogen-bond acceptors (Lipinski definition) is 3. The van der Waals surface area contributed by atoms with Gasteiger partial charge in [-0.05, 0) is 0 Å². The number of nitrogens with zero attached hydrogens (tertiary/aromatic N) is 2. The zero-order valence-corrected chi connectivity index (χ0v) is 9.84. The first-order valence-electron chi connectivity index (χ1n) is 4.97. The molecule has 0 unspecified atom stereocenters. The molecule has 84 valence electrons. The average Bonchev–Trinajstić information content (AvgIpc) is 2.02. The van der Waals surface area contributed by atoms with E-state index in [-0.39, 0.29) is 6.04 Å². The number of rotatable bonds is 5. The van der Waals surface area contributed by atoms with Crippen LogP contribution in [0.5, 0.6) is 0 Å². The van der Waals surface area contributed by atoms with Crippen molar-refractivity contribution in [3.8, 4) is 0 Å².